The normalized spacial score (nSPS) is 10.5. The van der Waals surface area contributed by atoms with E-state index < -0.39 is 6.61 Å². The lowest BCUT2D eigenvalue weighted by Gasteiger charge is -2.12. The van der Waals surface area contributed by atoms with E-state index in [1.54, 1.807) is 12.1 Å². The summed E-state index contributed by atoms with van der Waals surface area (Å²) in [5, 5.41) is 2.97. The number of carbonyl (C=O) groups excluding carboxylic acids is 1. The molecule has 122 valence electrons. The molecule has 0 aliphatic carbocycles. The Balaban J connectivity index is 2.02. The number of benzene rings is 1. The molecular formula is C15H13ClF2N2O3. The second-order valence-corrected chi connectivity index (χ2v) is 4.80. The molecule has 0 fully saturated rings. The molecule has 23 heavy (non-hydrogen) atoms. The van der Waals surface area contributed by atoms with Crippen molar-refractivity contribution in [3.63, 3.8) is 0 Å². The molecule has 2 aromatic rings. The molecule has 0 aliphatic rings. The van der Waals surface area contributed by atoms with E-state index >= 15 is 0 Å². The SMILES string of the molecule is COc1cc(CNC(=O)c2ccc(Cl)nc2)ccc1OC(F)F. The van der Waals surface area contributed by atoms with Crippen LogP contribution in [0.25, 0.3) is 0 Å². The van der Waals surface area contributed by atoms with Crippen LogP contribution in [0.5, 0.6) is 11.5 Å². The van der Waals surface area contributed by atoms with E-state index in [0.29, 0.717) is 16.3 Å². The van der Waals surface area contributed by atoms with E-state index in [1.165, 1.54) is 31.5 Å². The Kier molecular flexibility index (Phi) is 5.70. The largest absolute Gasteiger partial charge is 0.493 e. The van der Waals surface area contributed by atoms with Crippen LogP contribution in [0, 0.1) is 0 Å². The number of carbonyl (C=O) groups is 1. The second-order valence-electron chi connectivity index (χ2n) is 4.42. The number of nitrogens with one attached hydrogen (secondary N) is 1. The third-order valence-electron chi connectivity index (χ3n) is 2.89. The van der Waals surface area contributed by atoms with Crippen molar-refractivity contribution in [1.82, 2.24) is 10.3 Å². The molecule has 1 heterocycles. The maximum Gasteiger partial charge on any atom is 0.387 e. The molecule has 0 unspecified atom stereocenters. The van der Waals surface area contributed by atoms with E-state index in [1.807, 2.05) is 0 Å². The van der Waals surface area contributed by atoms with Gasteiger partial charge in [0.05, 0.1) is 12.7 Å². The van der Waals surface area contributed by atoms with E-state index in [4.69, 9.17) is 16.3 Å². The topological polar surface area (TPSA) is 60.5 Å². The molecule has 1 aromatic carbocycles. The summed E-state index contributed by atoms with van der Waals surface area (Å²) in [6.45, 7) is -2.75. The van der Waals surface area contributed by atoms with Gasteiger partial charge in [-0.05, 0) is 29.8 Å². The molecule has 0 atom stereocenters. The second kappa shape index (κ2) is 7.73. The molecule has 8 heteroatoms. The molecule has 0 spiro atoms. The van der Waals surface area contributed by atoms with Crippen molar-refractivity contribution in [3.8, 4) is 11.5 Å². The lowest BCUT2D eigenvalue weighted by atomic mass is 10.2. The van der Waals surface area contributed by atoms with Gasteiger partial charge in [0.2, 0.25) is 0 Å². The quantitative estimate of drug-likeness (QED) is 0.818. The predicted octanol–water partition coefficient (Wildman–Crippen LogP) is 3.28. The van der Waals surface area contributed by atoms with Crippen LogP contribution in [0.15, 0.2) is 36.5 Å². The van der Waals surface area contributed by atoms with Crippen LogP contribution < -0.4 is 14.8 Å². The van der Waals surface area contributed by atoms with Gasteiger partial charge < -0.3 is 14.8 Å². The lowest BCUT2D eigenvalue weighted by Crippen LogP contribution is -2.22. The van der Waals surface area contributed by atoms with Gasteiger partial charge in [-0.25, -0.2) is 4.98 Å². The molecule has 0 bridgehead atoms. The number of aromatic nitrogens is 1. The number of pyridine rings is 1. The Labute approximate surface area is 136 Å². The summed E-state index contributed by atoms with van der Waals surface area (Å²) in [5.41, 5.74) is 1.03. The van der Waals surface area contributed by atoms with Crippen molar-refractivity contribution in [1.29, 1.82) is 0 Å². The van der Waals surface area contributed by atoms with Crippen LogP contribution in [0.3, 0.4) is 0 Å². The number of hydrogen-bond acceptors (Lipinski definition) is 4. The van der Waals surface area contributed by atoms with E-state index in [9.17, 15) is 13.6 Å². The number of nitrogens with zero attached hydrogens (tertiary/aromatic N) is 1. The van der Waals surface area contributed by atoms with Crippen molar-refractivity contribution in [3.05, 3.63) is 52.8 Å². The minimum absolute atomic E-state index is 0.0699. The fourth-order valence-electron chi connectivity index (χ4n) is 1.81. The molecule has 1 amide bonds. The number of alkyl halides is 2. The summed E-state index contributed by atoms with van der Waals surface area (Å²) in [6.07, 6.45) is 1.36. The van der Waals surface area contributed by atoms with Gasteiger partial charge in [0.25, 0.3) is 5.91 Å². The minimum Gasteiger partial charge on any atom is -0.493 e. The number of hydrogen-bond donors (Lipinski definition) is 1. The minimum atomic E-state index is -2.94. The third kappa shape index (κ3) is 4.79. The smallest absolute Gasteiger partial charge is 0.387 e. The Morgan fingerprint density at radius 3 is 2.70 bits per heavy atom. The van der Waals surface area contributed by atoms with Gasteiger partial charge in [-0.1, -0.05) is 17.7 Å². The Morgan fingerprint density at radius 1 is 1.30 bits per heavy atom. The number of amides is 1. The van der Waals surface area contributed by atoms with Gasteiger partial charge in [-0.15, -0.1) is 0 Å². The van der Waals surface area contributed by atoms with Crippen molar-refractivity contribution >= 4 is 17.5 Å². The van der Waals surface area contributed by atoms with Crippen LogP contribution in [-0.4, -0.2) is 24.6 Å². The molecule has 2 rings (SSSR count). The molecule has 5 nitrogen and oxygen atoms in total. The van der Waals surface area contributed by atoms with E-state index in [2.05, 4.69) is 15.0 Å². The van der Waals surface area contributed by atoms with E-state index in [0.717, 1.165) is 0 Å². The standard InChI is InChI=1S/C15H13ClF2N2O3/c1-22-12-6-9(2-4-11(12)23-15(17)18)7-20-14(21)10-3-5-13(16)19-8-10/h2-6,8,15H,7H2,1H3,(H,20,21). The molecule has 0 aliphatic heterocycles. The van der Waals surface area contributed by atoms with Crippen molar-refractivity contribution < 1.29 is 23.0 Å². The van der Waals surface area contributed by atoms with Crippen LogP contribution in [0.4, 0.5) is 8.78 Å². The number of ether oxygens (including phenoxy) is 2. The Bertz CT molecular complexity index is 681. The first-order chi connectivity index (χ1) is 11.0. The summed E-state index contributed by atoms with van der Waals surface area (Å²) in [5.74, 6) is -0.245. The zero-order chi connectivity index (χ0) is 16.8. The molecule has 1 N–H and O–H groups in total. The van der Waals surface area contributed by atoms with Crippen LogP contribution in [-0.2, 0) is 6.54 Å². The summed E-state index contributed by atoms with van der Waals surface area (Å²) in [6, 6.07) is 7.48. The van der Waals surface area contributed by atoms with E-state index in [-0.39, 0.29) is 24.0 Å². The summed E-state index contributed by atoms with van der Waals surface area (Å²) >= 11 is 5.65. The zero-order valence-electron chi connectivity index (χ0n) is 12.1. The lowest BCUT2D eigenvalue weighted by molar-refractivity contribution is -0.0512. The monoisotopic (exact) mass is 342 g/mol. The Hall–Kier alpha value is -2.41. The highest BCUT2D eigenvalue weighted by atomic mass is 35.5. The average Bonchev–Trinajstić information content (AvgIpc) is 2.53. The van der Waals surface area contributed by atoms with Gasteiger partial charge in [0.15, 0.2) is 11.5 Å². The van der Waals surface area contributed by atoms with Gasteiger partial charge in [0, 0.05) is 12.7 Å². The van der Waals surface area contributed by atoms with Crippen LogP contribution in [0.1, 0.15) is 15.9 Å². The summed E-state index contributed by atoms with van der Waals surface area (Å²) < 4.78 is 33.8. The van der Waals surface area contributed by atoms with Crippen molar-refractivity contribution in [2.45, 2.75) is 13.2 Å². The highest BCUT2D eigenvalue weighted by Crippen LogP contribution is 2.29. The number of methoxy groups -OCH3 is 1. The van der Waals surface area contributed by atoms with Gasteiger partial charge in [-0.3, -0.25) is 4.79 Å². The molecular weight excluding hydrogens is 330 g/mol. The molecule has 0 radical (unpaired) electrons. The summed E-state index contributed by atoms with van der Waals surface area (Å²) in [7, 11) is 1.34. The van der Waals surface area contributed by atoms with Crippen LogP contribution >= 0.6 is 11.6 Å². The maximum absolute atomic E-state index is 12.3. The molecule has 0 saturated heterocycles. The fraction of sp³-hybridized carbons (Fsp3) is 0.200. The summed E-state index contributed by atoms with van der Waals surface area (Å²) in [4.78, 5) is 15.8. The third-order valence-corrected chi connectivity index (χ3v) is 3.11. The van der Waals surface area contributed by atoms with Gasteiger partial charge in [-0.2, -0.15) is 8.78 Å². The average molecular weight is 343 g/mol. The molecule has 1 aromatic heterocycles. The van der Waals surface area contributed by atoms with Crippen molar-refractivity contribution in [2.75, 3.05) is 7.11 Å². The first-order valence-electron chi connectivity index (χ1n) is 6.51. The Morgan fingerprint density at radius 2 is 2.09 bits per heavy atom. The molecule has 0 saturated carbocycles. The number of halogens is 3. The van der Waals surface area contributed by atoms with Crippen LogP contribution in [0.2, 0.25) is 5.15 Å². The fourth-order valence-corrected chi connectivity index (χ4v) is 1.92. The predicted molar refractivity (Wildman–Crippen MR) is 80.0 cm³/mol. The van der Waals surface area contributed by atoms with Crippen molar-refractivity contribution in [2.24, 2.45) is 0 Å². The zero-order valence-corrected chi connectivity index (χ0v) is 12.8. The van der Waals surface area contributed by atoms with Gasteiger partial charge >= 0.3 is 6.61 Å². The first kappa shape index (κ1) is 17.0. The van der Waals surface area contributed by atoms with Gasteiger partial charge in [0.1, 0.15) is 5.15 Å². The maximum atomic E-state index is 12.3. The highest BCUT2D eigenvalue weighted by molar-refractivity contribution is 6.29. The number of rotatable bonds is 6. The first-order valence-corrected chi connectivity index (χ1v) is 6.89. The highest BCUT2D eigenvalue weighted by Gasteiger charge is 2.12.